The fourth-order valence-electron chi connectivity index (χ4n) is 16.9. The molecule has 22 rings (SSSR count). The fraction of sp³-hybridized carbons (Fsp3) is 0. The third kappa shape index (κ3) is 12.8. The minimum atomic E-state index is 0.682. The molecule has 0 amide bonds. The Kier molecular flexibility index (Phi) is 17.5. The smallest absolute Gasteiger partial charge is 0.160 e. The van der Waals surface area contributed by atoms with Crippen molar-refractivity contribution in [3.05, 3.63) is 425 Å². The Balaban J connectivity index is 0.000000145. The normalized spacial score (nSPS) is 11.4. The van der Waals surface area contributed by atoms with Crippen molar-refractivity contribution in [1.29, 1.82) is 0 Å². The third-order valence-corrected chi connectivity index (χ3v) is 22.6. The molecule has 0 saturated heterocycles. The van der Waals surface area contributed by atoms with Crippen LogP contribution in [0.4, 0.5) is 0 Å². The number of rotatable bonds is 12. The van der Waals surface area contributed by atoms with Crippen LogP contribution in [0.15, 0.2) is 425 Å². The highest BCUT2D eigenvalue weighted by molar-refractivity contribution is 6.21. The van der Waals surface area contributed by atoms with Gasteiger partial charge in [0.05, 0.1) is 45.2 Å². The molecule has 540 valence electrons. The molecule has 0 radical (unpaired) electrons. The quantitative estimate of drug-likeness (QED) is 0.113. The van der Waals surface area contributed by atoms with Crippen LogP contribution in [-0.4, -0.2) is 29.9 Å². The van der Waals surface area contributed by atoms with Crippen LogP contribution in [0.2, 0.25) is 0 Å². The van der Waals surface area contributed by atoms with E-state index < -0.39 is 0 Å². The summed E-state index contributed by atoms with van der Waals surface area (Å²) in [6.45, 7) is 0. The van der Waals surface area contributed by atoms with Crippen LogP contribution < -0.4 is 0 Å². The van der Waals surface area contributed by atoms with E-state index in [0.29, 0.717) is 11.6 Å². The van der Waals surface area contributed by atoms with Crippen molar-refractivity contribution < 1.29 is 0 Å². The number of hydrogen-bond donors (Lipinski definition) is 0. The van der Waals surface area contributed by atoms with Gasteiger partial charge in [0.2, 0.25) is 0 Å². The molecule has 18 aromatic carbocycles. The van der Waals surface area contributed by atoms with E-state index in [1.165, 1.54) is 87.2 Å². The summed E-state index contributed by atoms with van der Waals surface area (Å²) in [6, 6.07) is 150. The molecule has 0 aliphatic heterocycles. The molecule has 0 bridgehead atoms. The van der Waals surface area contributed by atoms with Gasteiger partial charge >= 0.3 is 0 Å². The Morgan fingerprint density at radius 2 is 0.336 bits per heavy atom. The highest BCUT2D eigenvalue weighted by Crippen LogP contribution is 2.47. The Bertz CT molecular complexity index is 6950. The van der Waals surface area contributed by atoms with Gasteiger partial charge in [0.25, 0.3) is 0 Å². The lowest BCUT2D eigenvalue weighted by molar-refractivity contribution is 1.18. The van der Waals surface area contributed by atoms with E-state index in [1.54, 1.807) is 0 Å². The first-order valence-corrected chi connectivity index (χ1v) is 39.4. The van der Waals surface area contributed by atoms with Crippen molar-refractivity contribution in [3.8, 4) is 135 Å². The van der Waals surface area contributed by atoms with Crippen LogP contribution in [0.25, 0.3) is 221 Å². The molecule has 6 nitrogen and oxygen atoms in total. The van der Waals surface area contributed by atoms with Crippen LogP contribution in [0.1, 0.15) is 0 Å². The zero-order valence-corrected chi connectivity index (χ0v) is 63.1. The number of hydrogen-bond acceptors (Lipinski definition) is 6. The first kappa shape index (κ1) is 68.5. The maximum atomic E-state index is 5.52. The molecule has 0 N–H and O–H groups in total. The van der Waals surface area contributed by atoms with Crippen LogP contribution in [0, 0.1) is 0 Å². The summed E-state index contributed by atoms with van der Waals surface area (Å²) in [5.41, 5.74) is 25.0. The van der Waals surface area contributed by atoms with Crippen molar-refractivity contribution in [2.45, 2.75) is 0 Å². The van der Waals surface area contributed by atoms with Gasteiger partial charge < -0.3 is 0 Å². The van der Waals surface area contributed by atoms with E-state index >= 15 is 0 Å². The van der Waals surface area contributed by atoms with Gasteiger partial charge in [-0.15, -0.1) is 0 Å². The lowest BCUT2D eigenvalue weighted by Gasteiger charge is -2.17. The molecule has 6 heteroatoms. The van der Waals surface area contributed by atoms with Gasteiger partial charge in [0.1, 0.15) is 0 Å². The van der Waals surface area contributed by atoms with Crippen LogP contribution in [0.3, 0.4) is 0 Å². The van der Waals surface area contributed by atoms with E-state index in [1.807, 2.05) is 72.8 Å². The Morgan fingerprint density at radius 1 is 0.121 bits per heavy atom. The second-order valence-corrected chi connectivity index (χ2v) is 29.5. The highest BCUT2D eigenvalue weighted by Gasteiger charge is 2.23. The summed E-state index contributed by atoms with van der Waals surface area (Å²) in [5, 5.41) is 16.6. The second kappa shape index (κ2) is 29.6. The van der Waals surface area contributed by atoms with E-state index in [0.717, 1.165) is 122 Å². The number of fused-ring (bicyclic) bond motifs is 10. The van der Waals surface area contributed by atoms with E-state index in [4.69, 9.17) is 29.9 Å². The summed E-state index contributed by atoms with van der Waals surface area (Å²) in [5.74, 6) is 1.38. The Hall–Kier alpha value is -15.5. The number of nitrogens with zero attached hydrogens (tertiary/aromatic N) is 6. The fourth-order valence-corrected chi connectivity index (χ4v) is 16.9. The van der Waals surface area contributed by atoms with Gasteiger partial charge in [0, 0.05) is 66.1 Å². The van der Waals surface area contributed by atoms with Crippen molar-refractivity contribution in [3.63, 3.8) is 0 Å². The minimum absolute atomic E-state index is 0.682. The van der Waals surface area contributed by atoms with Crippen LogP contribution in [0.5, 0.6) is 0 Å². The summed E-state index contributed by atoms with van der Waals surface area (Å²) in [6.07, 6.45) is 0. The molecule has 4 aromatic heterocycles. The lowest BCUT2D eigenvalue weighted by Crippen LogP contribution is -1.96. The van der Waals surface area contributed by atoms with Gasteiger partial charge in [-0.1, -0.05) is 388 Å². The molecular formula is C110H70N6. The zero-order valence-electron chi connectivity index (χ0n) is 63.1. The average Bonchev–Trinajstić information content (AvgIpc) is 0.734. The van der Waals surface area contributed by atoms with Crippen molar-refractivity contribution >= 4 is 86.4 Å². The number of pyridine rings is 2. The topological polar surface area (TPSA) is 77.3 Å². The van der Waals surface area contributed by atoms with E-state index in [2.05, 4.69) is 352 Å². The third-order valence-electron chi connectivity index (χ3n) is 22.6. The number of aromatic nitrogens is 6. The molecular weight excluding hydrogens is 1410 g/mol. The summed E-state index contributed by atoms with van der Waals surface area (Å²) in [7, 11) is 0. The van der Waals surface area contributed by atoms with Crippen molar-refractivity contribution in [2.24, 2.45) is 0 Å². The standard InChI is InChI=1S/2C55H35N3/c1-3-17-38(18-4-1)52-35-53(58-55(57-52)41-19-5-2-6-20-41)40-31-29-39(30-32-40)51-34-49(45-28-14-22-37-16-8-10-24-43(37)45)50-33-48(46-25-11-12-26-47(46)54(50)56-51)44-27-13-21-36-15-7-9-23-42(36)44;1-3-17-38(18-4-1)52-35-53(39-19-5-2-6-20-39)58-55(57-52)41-31-29-40(30-32-41)51-34-49(45-28-14-22-37-16-8-10-24-43(37)45)50-33-48(46-25-11-12-26-47(46)54(50)56-51)44-27-13-21-36-15-7-9-23-42(36)44/h2*1-35H. The molecule has 0 fully saturated rings. The monoisotopic (exact) mass is 1470 g/mol. The zero-order chi connectivity index (χ0) is 76.8. The predicted octanol–water partition coefficient (Wildman–Crippen LogP) is 29.0. The molecule has 0 atom stereocenters. The van der Waals surface area contributed by atoms with Gasteiger partial charge in [-0.25, -0.2) is 29.9 Å². The molecule has 0 unspecified atom stereocenters. The second-order valence-electron chi connectivity index (χ2n) is 29.5. The van der Waals surface area contributed by atoms with Crippen molar-refractivity contribution in [1.82, 2.24) is 29.9 Å². The SMILES string of the molecule is c1ccc(-c2cc(-c3ccc(-c4cc(-c5cccc6ccccc56)c5cc(-c6cccc7ccccc67)c6ccccc6c5n4)cc3)nc(-c3ccccc3)n2)cc1.c1ccc(-c2cc(-c3ccccc3)nc(-c3ccc(-c4cc(-c5cccc6ccccc56)c5cc(-c6cccc7ccccc67)c6ccccc6c5n4)cc3)n2)cc1. The molecule has 0 aliphatic rings. The van der Waals surface area contributed by atoms with Gasteiger partial charge in [-0.3, -0.25) is 0 Å². The summed E-state index contributed by atoms with van der Waals surface area (Å²) < 4.78 is 0. The number of benzene rings is 18. The minimum Gasteiger partial charge on any atom is -0.247 e. The largest absolute Gasteiger partial charge is 0.247 e. The van der Waals surface area contributed by atoms with Crippen LogP contribution >= 0.6 is 0 Å². The predicted molar refractivity (Wildman–Crippen MR) is 485 cm³/mol. The highest BCUT2D eigenvalue weighted by atomic mass is 14.9. The van der Waals surface area contributed by atoms with E-state index in [9.17, 15) is 0 Å². The van der Waals surface area contributed by atoms with Gasteiger partial charge in [0.15, 0.2) is 11.6 Å². The molecule has 116 heavy (non-hydrogen) atoms. The molecule has 0 aliphatic carbocycles. The van der Waals surface area contributed by atoms with Gasteiger partial charge in [-0.05, 0) is 135 Å². The molecule has 22 aromatic rings. The summed E-state index contributed by atoms with van der Waals surface area (Å²) in [4.78, 5) is 31.3. The first-order chi connectivity index (χ1) is 57.5. The maximum absolute atomic E-state index is 5.52. The average molecular weight is 1480 g/mol. The van der Waals surface area contributed by atoms with Gasteiger partial charge in [-0.2, -0.15) is 0 Å². The lowest BCUT2D eigenvalue weighted by atomic mass is 9.88. The molecule has 4 heterocycles. The van der Waals surface area contributed by atoms with E-state index in [-0.39, 0.29) is 0 Å². The maximum Gasteiger partial charge on any atom is 0.160 e. The van der Waals surface area contributed by atoms with Crippen molar-refractivity contribution in [2.75, 3.05) is 0 Å². The molecule has 0 saturated carbocycles. The Morgan fingerprint density at radius 3 is 0.647 bits per heavy atom. The summed E-state index contributed by atoms with van der Waals surface area (Å²) >= 11 is 0. The molecule has 0 spiro atoms. The first-order valence-electron chi connectivity index (χ1n) is 39.4. The van der Waals surface area contributed by atoms with Crippen LogP contribution in [-0.2, 0) is 0 Å². The Labute approximate surface area is 671 Å².